The maximum atomic E-state index is 12.0. The van der Waals surface area contributed by atoms with Gasteiger partial charge in [-0.05, 0) is 44.0 Å². The van der Waals surface area contributed by atoms with Crippen LogP contribution in [0.15, 0.2) is 30.3 Å². The first kappa shape index (κ1) is 16.9. The number of hydrogen-bond acceptors (Lipinski definition) is 6. The van der Waals surface area contributed by atoms with Crippen molar-refractivity contribution in [1.82, 2.24) is 0 Å². The molecule has 0 bridgehead atoms. The zero-order chi connectivity index (χ0) is 18.1. The van der Waals surface area contributed by atoms with Gasteiger partial charge in [0.05, 0.1) is 0 Å². The van der Waals surface area contributed by atoms with Gasteiger partial charge in [0, 0.05) is 29.5 Å². The fraction of sp³-hybridized carbons (Fsp3) is 0.368. The Hall–Kier alpha value is -2.54. The molecule has 1 spiro atoms. The molecule has 136 valence electrons. The van der Waals surface area contributed by atoms with Crippen molar-refractivity contribution >= 4 is 28.9 Å². The highest BCUT2D eigenvalue weighted by Gasteiger charge is 2.44. The Morgan fingerprint density at radius 1 is 1.15 bits per heavy atom. The number of anilines is 1. The van der Waals surface area contributed by atoms with Gasteiger partial charge in [0.1, 0.15) is 4.88 Å². The number of fused-ring (bicyclic) bond motifs is 1. The first-order valence-electron chi connectivity index (χ1n) is 8.59. The number of carbonyl (C=O) groups excluding carboxylic acids is 2. The van der Waals surface area contributed by atoms with Gasteiger partial charge in [-0.15, -0.1) is 11.3 Å². The Morgan fingerprint density at radius 2 is 1.92 bits per heavy atom. The lowest BCUT2D eigenvalue weighted by Crippen LogP contribution is -2.34. The second kappa shape index (κ2) is 6.64. The molecule has 1 aromatic heterocycles. The third-order valence-electron chi connectivity index (χ3n) is 4.46. The normalized spacial score (nSPS) is 16.7. The SMILES string of the molecule is Cc1ccc(C(=O)OCC(=O)Nc2ccc3c(c2)OC2(CCCC2)O3)s1. The summed E-state index contributed by atoms with van der Waals surface area (Å²) in [6.07, 6.45) is 3.93. The molecule has 0 atom stereocenters. The molecule has 6 nitrogen and oxygen atoms in total. The van der Waals surface area contributed by atoms with Gasteiger partial charge in [-0.2, -0.15) is 0 Å². The predicted octanol–water partition coefficient (Wildman–Crippen LogP) is 3.89. The minimum absolute atomic E-state index is 0.339. The van der Waals surface area contributed by atoms with Gasteiger partial charge in [-0.1, -0.05) is 0 Å². The number of esters is 1. The third kappa shape index (κ3) is 3.39. The fourth-order valence-corrected chi connectivity index (χ4v) is 3.99. The lowest BCUT2D eigenvalue weighted by atomic mass is 10.2. The highest BCUT2D eigenvalue weighted by Crippen LogP contribution is 2.47. The van der Waals surface area contributed by atoms with Gasteiger partial charge in [0.2, 0.25) is 0 Å². The van der Waals surface area contributed by atoms with Crippen molar-refractivity contribution < 1.29 is 23.8 Å². The minimum atomic E-state index is -0.528. The van der Waals surface area contributed by atoms with Crippen LogP contribution < -0.4 is 14.8 Å². The van der Waals surface area contributed by atoms with E-state index in [2.05, 4.69) is 5.32 Å². The standard InChI is InChI=1S/C19H19NO5S/c1-12-4-7-16(26-12)18(22)23-11-17(21)20-13-5-6-14-15(10-13)25-19(24-14)8-2-3-9-19/h4-7,10H,2-3,8-9,11H2,1H3,(H,20,21). The molecule has 0 saturated heterocycles. The summed E-state index contributed by atoms with van der Waals surface area (Å²) < 4.78 is 17.0. The largest absolute Gasteiger partial charge is 0.451 e. The van der Waals surface area contributed by atoms with E-state index in [1.807, 2.05) is 13.0 Å². The van der Waals surface area contributed by atoms with Crippen LogP contribution in [0.5, 0.6) is 11.5 Å². The molecule has 0 radical (unpaired) electrons. The third-order valence-corrected chi connectivity index (χ3v) is 5.44. The smallest absolute Gasteiger partial charge is 0.348 e. The molecular weight excluding hydrogens is 354 g/mol. The van der Waals surface area contributed by atoms with Gasteiger partial charge in [0.25, 0.3) is 11.7 Å². The van der Waals surface area contributed by atoms with Gasteiger partial charge >= 0.3 is 5.97 Å². The Kier molecular flexibility index (Phi) is 4.32. The van der Waals surface area contributed by atoms with Crippen molar-refractivity contribution in [3.05, 3.63) is 40.1 Å². The van der Waals surface area contributed by atoms with Crippen molar-refractivity contribution in [3.8, 4) is 11.5 Å². The highest BCUT2D eigenvalue weighted by molar-refractivity contribution is 7.13. The van der Waals surface area contributed by atoms with Crippen molar-refractivity contribution in [1.29, 1.82) is 0 Å². The highest BCUT2D eigenvalue weighted by atomic mass is 32.1. The van der Waals surface area contributed by atoms with Gasteiger partial charge < -0.3 is 19.5 Å². The summed E-state index contributed by atoms with van der Waals surface area (Å²) in [6.45, 7) is 1.57. The van der Waals surface area contributed by atoms with E-state index in [9.17, 15) is 9.59 Å². The summed E-state index contributed by atoms with van der Waals surface area (Å²) in [7, 11) is 0. The Balaban J connectivity index is 1.33. The van der Waals surface area contributed by atoms with Gasteiger partial charge in [0.15, 0.2) is 18.1 Å². The van der Waals surface area contributed by atoms with E-state index in [4.69, 9.17) is 14.2 Å². The number of rotatable bonds is 4. The molecule has 0 unspecified atom stereocenters. The van der Waals surface area contributed by atoms with Crippen LogP contribution in [0.2, 0.25) is 0 Å². The van der Waals surface area contributed by atoms with E-state index in [1.165, 1.54) is 11.3 Å². The number of nitrogens with one attached hydrogen (secondary N) is 1. The van der Waals surface area contributed by atoms with Crippen molar-refractivity contribution in [2.24, 2.45) is 0 Å². The van der Waals surface area contributed by atoms with Crippen LogP contribution in [0.4, 0.5) is 5.69 Å². The van der Waals surface area contributed by atoms with Crippen LogP contribution in [0.25, 0.3) is 0 Å². The van der Waals surface area contributed by atoms with Crippen molar-refractivity contribution in [2.75, 3.05) is 11.9 Å². The first-order chi connectivity index (χ1) is 12.5. The molecule has 7 heteroatoms. The lowest BCUT2D eigenvalue weighted by Gasteiger charge is -2.21. The molecule has 1 aromatic carbocycles. The molecule has 4 rings (SSSR count). The van der Waals surface area contributed by atoms with E-state index >= 15 is 0 Å². The summed E-state index contributed by atoms with van der Waals surface area (Å²) in [5.41, 5.74) is 0.579. The topological polar surface area (TPSA) is 73.9 Å². The van der Waals surface area contributed by atoms with Crippen LogP contribution in [0, 0.1) is 6.92 Å². The van der Waals surface area contributed by atoms with Crippen LogP contribution in [0.3, 0.4) is 0 Å². The molecule has 1 aliphatic carbocycles. The molecule has 1 amide bonds. The summed E-state index contributed by atoms with van der Waals surface area (Å²) >= 11 is 1.34. The van der Waals surface area contributed by atoms with E-state index in [0.717, 1.165) is 30.6 Å². The molecule has 2 aliphatic rings. The Bertz CT molecular complexity index is 853. The van der Waals surface area contributed by atoms with E-state index in [1.54, 1.807) is 24.3 Å². The molecule has 1 aliphatic heterocycles. The summed E-state index contributed by atoms with van der Waals surface area (Å²) in [6, 6.07) is 8.81. The van der Waals surface area contributed by atoms with E-state index in [0.29, 0.717) is 22.1 Å². The van der Waals surface area contributed by atoms with Crippen LogP contribution in [0.1, 0.15) is 40.2 Å². The molecule has 1 saturated carbocycles. The molecule has 1 fully saturated rings. The Morgan fingerprint density at radius 3 is 2.65 bits per heavy atom. The zero-order valence-electron chi connectivity index (χ0n) is 14.4. The van der Waals surface area contributed by atoms with Crippen molar-refractivity contribution in [3.63, 3.8) is 0 Å². The van der Waals surface area contributed by atoms with E-state index in [-0.39, 0.29) is 6.61 Å². The molecule has 2 heterocycles. The quantitative estimate of drug-likeness (QED) is 0.823. The van der Waals surface area contributed by atoms with Crippen molar-refractivity contribution in [2.45, 2.75) is 38.4 Å². The second-order valence-corrected chi connectivity index (χ2v) is 7.81. The van der Waals surface area contributed by atoms with Crippen LogP contribution >= 0.6 is 11.3 Å². The molecule has 1 N–H and O–H groups in total. The number of amides is 1. The van der Waals surface area contributed by atoms with E-state index < -0.39 is 17.7 Å². The minimum Gasteiger partial charge on any atom is -0.451 e. The number of aryl methyl sites for hydroxylation is 1. The summed E-state index contributed by atoms with van der Waals surface area (Å²) in [4.78, 5) is 25.4. The summed E-state index contributed by atoms with van der Waals surface area (Å²) in [5.74, 6) is -0.0902. The van der Waals surface area contributed by atoms with Gasteiger partial charge in [-0.3, -0.25) is 4.79 Å². The maximum Gasteiger partial charge on any atom is 0.348 e. The number of benzene rings is 1. The average Bonchev–Trinajstić information content (AvgIpc) is 3.33. The number of thiophene rings is 1. The lowest BCUT2D eigenvalue weighted by molar-refractivity contribution is -0.119. The monoisotopic (exact) mass is 373 g/mol. The maximum absolute atomic E-state index is 12.0. The Labute approximate surface area is 155 Å². The molecular formula is C19H19NO5S. The number of carbonyl (C=O) groups is 2. The van der Waals surface area contributed by atoms with Crippen LogP contribution in [-0.2, 0) is 9.53 Å². The molecule has 2 aromatic rings. The average molecular weight is 373 g/mol. The van der Waals surface area contributed by atoms with Gasteiger partial charge in [-0.25, -0.2) is 4.79 Å². The zero-order valence-corrected chi connectivity index (χ0v) is 15.2. The number of ether oxygens (including phenoxy) is 3. The first-order valence-corrected chi connectivity index (χ1v) is 9.40. The number of hydrogen-bond donors (Lipinski definition) is 1. The predicted molar refractivity (Wildman–Crippen MR) is 96.9 cm³/mol. The fourth-order valence-electron chi connectivity index (χ4n) is 3.23. The molecule has 26 heavy (non-hydrogen) atoms. The second-order valence-electron chi connectivity index (χ2n) is 6.52. The summed E-state index contributed by atoms with van der Waals surface area (Å²) in [5, 5.41) is 2.71. The van der Waals surface area contributed by atoms with Crippen LogP contribution in [-0.4, -0.2) is 24.3 Å².